The van der Waals surface area contributed by atoms with Crippen molar-refractivity contribution in [2.24, 2.45) is 0 Å². The minimum atomic E-state index is -4.81. The van der Waals surface area contributed by atoms with Gasteiger partial charge >= 0.3 is 0 Å². The summed E-state index contributed by atoms with van der Waals surface area (Å²) in [6, 6.07) is 8.17. The fourth-order valence-corrected chi connectivity index (χ4v) is 6.95. The third-order valence-electron chi connectivity index (χ3n) is 6.05. The van der Waals surface area contributed by atoms with Gasteiger partial charge in [-0.3, -0.25) is 4.72 Å². The smallest absolute Gasteiger partial charge is 0.267 e. The molecule has 1 fully saturated rings. The van der Waals surface area contributed by atoms with E-state index in [4.69, 9.17) is 21.3 Å². The van der Waals surface area contributed by atoms with Crippen LogP contribution < -0.4 is 9.62 Å². The molecule has 39 heavy (non-hydrogen) atoms. The fraction of sp³-hybridized carbons (Fsp3) is 0.240. The lowest BCUT2D eigenvalue weighted by molar-refractivity contribution is 0.0756. The van der Waals surface area contributed by atoms with E-state index in [1.54, 1.807) is 6.07 Å². The molecule has 4 aromatic rings. The van der Waals surface area contributed by atoms with Gasteiger partial charge in [0.15, 0.2) is 15.8 Å². The van der Waals surface area contributed by atoms with Crippen LogP contribution >= 0.6 is 22.9 Å². The first kappa shape index (κ1) is 27.3. The van der Waals surface area contributed by atoms with Crippen LogP contribution in [0, 0.1) is 17.5 Å². The maximum absolute atomic E-state index is 15.9. The van der Waals surface area contributed by atoms with Crippen molar-refractivity contribution >= 4 is 43.8 Å². The van der Waals surface area contributed by atoms with Crippen molar-refractivity contribution in [1.29, 1.82) is 0 Å². The number of halogens is 4. The summed E-state index contributed by atoms with van der Waals surface area (Å²) < 4.78 is 77.6. The lowest BCUT2D eigenvalue weighted by atomic mass is 10.1. The van der Waals surface area contributed by atoms with E-state index in [0.29, 0.717) is 28.9 Å². The Hall–Kier alpha value is -3.26. The summed E-state index contributed by atoms with van der Waals surface area (Å²) in [5.41, 5.74) is 0.0156. The molecule has 0 bridgehead atoms. The third-order valence-corrected chi connectivity index (χ3v) is 8.74. The van der Waals surface area contributed by atoms with E-state index in [1.807, 2.05) is 18.6 Å². The lowest BCUT2D eigenvalue weighted by Gasteiger charge is -2.38. The monoisotopic (exact) mass is 595 g/mol. The molecule has 0 saturated carbocycles. The second kappa shape index (κ2) is 10.7. The molecule has 1 N–H and O–H groups in total. The van der Waals surface area contributed by atoms with Crippen LogP contribution in [-0.4, -0.2) is 48.7 Å². The lowest BCUT2D eigenvalue weighted by Crippen LogP contribution is -2.49. The molecule has 5 rings (SSSR count). The van der Waals surface area contributed by atoms with E-state index in [1.165, 1.54) is 29.7 Å². The van der Waals surface area contributed by atoms with Gasteiger partial charge in [-0.15, -0.1) is 0 Å². The number of anilines is 2. The van der Waals surface area contributed by atoms with Crippen molar-refractivity contribution in [3.8, 4) is 21.8 Å². The van der Waals surface area contributed by atoms with Crippen molar-refractivity contribution in [2.45, 2.75) is 30.8 Å². The van der Waals surface area contributed by atoms with Gasteiger partial charge < -0.3 is 9.64 Å². The van der Waals surface area contributed by atoms with E-state index >= 15 is 4.39 Å². The quantitative estimate of drug-likeness (QED) is 0.283. The van der Waals surface area contributed by atoms with E-state index in [0.717, 1.165) is 24.3 Å². The highest BCUT2D eigenvalue weighted by molar-refractivity contribution is 7.92. The average Bonchev–Trinajstić information content (AvgIpc) is 3.29. The molecule has 1 aliphatic heterocycles. The largest absolute Gasteiger partial charge is 0.377 e. The number of nitrogens with one attached hydrogen (secondary N) is 1. The standard InChI is InChI=1S/C25H21ClF3N5O3S2/c1-13-11-37-12-14(2)34(13)25-32-21(22(38-25)19-9-10-30-24(26)31-19)15-5-3-8-18(20(15)29)33-39(35,36)23-16(27)6-4-7-17(23)28/h3-10,13-14,33H,11-12H2,1-2H3/t13-,14-/m1/s1. The van der Waals surface area contributed by atoms with Crippen molar-refractivity contribution in [3.05, 3.63) is 71.4 Å². The van der Waals surface area contributed by atoms with E-state index in [-0.39, 0.29) is 28.6 Å². The second-order valence-corrected chi connectivity index (χ2v) is 11.8. The summed E-state index contributed by atoms with van der Waals surface area (Å²) in [4.78, 5) is 14.2. The number of hydrogen-bond donors (Lipinski definition) is 1. The number of nitrogens with zero attached hydrogens (tertiary/aromatic N) is 4. The Morgan fingerprint density at radius 2 is 1.69 bits per heavy atom. The molecule has 14 heteroatoms. The number of benzene rings is 2. The first-order valence-electron chi connectivity index (χ1n) is 11.7. The highest BCUT2D eigenvalue weighted by Crippen LogP contribution is 2.43. The molecule has 0 unspecified atom stereocenters. The van der Waals surface area contributed by atoms with Gasteiger partial charge in [-0.25, -0.2) is 36.5 Å². The molecule has 2 atom stereocenters. The molecule has 204 valence electrons. The van der Waals surface area contributed by atoms with Gasteiger partial charge in [0.25, 0.3) is 10.0 Å². The van der Waals surface area contributed by atoms with Crippen molar-refractivity contribution in [2.75, 3.05) is 22.8 Å². The molecule has 1 aliphatic rings. The van der Waals surface area contributed by atoms with Gasteiger partial charge in [0.05, 0.1) is 47.2 Å². The Morgan fingerprint density at radius 1 is 1.03 bits per heavy atom. The molecular weight excluding hydrogens is 575 g/mol. The number of morpholine rings is 1. The average molecular weight is 596 g/mol. The minimum absolute atomic E-state index is 0.0181. The topological polar surface area (TPSA) is 97.3 Å². The van der Waals surface area contributed by atoms with Gasteiger partial charge in [-0.05, 0) is 55.8 Å². The van der Waals surface area contributed by atoms with Crippen molar-refractivity contribution in [3.63, 3.8) is 0 Å². The molecule has 2 aromatic heterocycles. The number of thiazole rings is 1. The molecule has 0 aliphatic carbocycles. The van der Waals surface area contributed by atoms with Crippen LogP contribution in [0.5, 0.6) is 0 Å². The van der Waals surface area contributed by atoms with Crippen LogP contribution in [0.4, 0.5) is 24.0 Å². The molecule has 0 radical (unpaired) electrons. The Morgan fingerprint density at radius 3 is 2.36 bits per heavy atom. The highest BCUT2D eigenvalue weighted by Gasteiger charge is 2.31. The predicted molar refractivity (Wildman–Crippen MR) is 143 cm³/mol. The molecule has 0 amide bonds. The van der Waals surface area contributed by atoms with E-state index < -0.39 is 38.1 Å². The van der Waals surface area contributed by atoms with Crippen molar-refractivity contribution in [1.82, 2.24) is 15.0 Å². The van der Waals surface area contributed by atoms with E-state index in [2.05, 4.69) is 14.9 Å². The first-order valence-corrected chi connectivity index (χ1v) is 14.4. The molecular formula is C25H21ClF3N5O3S2. The highest BCUT2D eigenvalue weighted by atomic mass is 35.5. The molecule has 2 aromatic carbocycles. The molecule has 3 heterocycles. The number of sulfonamides is 1. The zero-order valence-corrected chi connectivity index (χ0v) is 22.9. The molecule has 0 spiro atoms. The Kier molecular flexibility index (Phi) is 7.51. The fourth-order valence-electron chi connectivity index (χ4n) is 4.35. The maximum Gasteiger partial charge on any atom is 0.267 e. The van der Waals surface area contributed by atoms with Crippen LogP contribution in [0.15, 0.2) is 53.6 Å². The van der Waals surface area contributed by atoms with Crippen LogP contribution in [0.25, 0.3) is 21.8 Å². The summed E-state index contributed by atoms with van der Waals surface area (Å²) in [7, 11) is -4.81. The maximum atomic E-state index is 15.9. The summed E-state index contributed by atoms with van der Waals surface area (Å²) in [5, 5.41) is 0.562. The third kappa shape index (κ3) is 5.31. The summed E-state index contributed by atoms with van der Waals surface area (Å²) in [5.74, 6) is -3.60. The summed E-state index contributed by atoms with van der Waals surface area (Å²) in [6.07, 6.45) is 1.46. The second-order valence-electron chi connectivity index (χ2n) is 8.85. The van der Waals surface area contributed by atoms with Crippen LogP contribution in [0.1, 0.15) is 13.8 Å². The van der Waals surface area contributed by atoms with Gasteiger partial charge in [0, 0.05) is 11.8 Å². The van der Waals surface area contributed by atoms with Crippen LogP contribution in [0.3, 0.4) is 0 Å². The summed E-state index contributed by atoms with van der Waals surface area (Å²) in [6.45, 7) is 4.92. The van der Waals surface area contributed by atoms with Gasteiger partial charge in [-0.2, -0.15) is 0 Å². The van der Waals surface area contributed by atoms with Gasteiger partial charge in [0.2, 0.25) is 5.28 Å². The summed E-state index contributed by atoms with van der Waals surface area (Å²) >= 11 is 7.30. The van der Waals surface area contributed by atoms with Crippen LogP contribution in [-0.2, 0) is 14.8 Å². The Labute approximate surface area is 231 Å². The van der Waals surface area contributed by atoms with Crippen molar-refractivity contribution < 1.29 is 26.3 Å². The number of ether oxygens (including phenoxy) is 1. The number of aromatic nitrogens is 3. The minimum Gasteiger partial charge on any atom is -0.377 e. The van der Waals surface area contributed by atoms with E-state index in [9.17, 15) is 17.2 Å². The molecule has 1 saturated heterocycles. The van der Waals surface area contributed by atoms with Gasteiger partial charge in [0.1, 0.15) is 11.6 Å². The van der Waals surface area contributed by atoms with Crippen LogP contribution in [0.2, 0.25) is 5.28 Å². The zero-order chi connectivity index (χ0) is 27.9. The first-order chi connectivity index (χ1) is 18.6. The zero-order valence-electron chi connectivity index (χ0n) is 20.5. The number of hydrogen-bond acceptors (Lipinski definition) is 8. The molecule has 8 nitrogen and oxygen atoms in total. The Bertz CT molecular complexity index is 1620. The Balaban J connectivity index is 1.63. The number of rotatable bonds is 6. The normalized spacial score (nSPS) is 17.8. The predicted octanol–water partition coefficient (Wildman–Crippen LogP) is 5.75. The van der Waals surface area contributed by atoms with Gasteiger partial charge in [-0.1, -0.05) is 23.5 Å². The SMILES string of the molecule is C[C@@H]1COC[C@@H](C)N1c1nc(-c2cccc(NS(=O)(=O)c3c(F)cccc3F)c2F)c(-c2ccnc(Cl)n2)s1.